The van der Waals surface area contributed by atoms with Crippen molar-refractivity contribution >= 4 is 22.4 Å². The van der Waals surface area contributed by atoms with Gasteiger partial charge in [-0.25, -0.2) is 4.98 Å². The van der Waals surface area contributed by atoms with Gasteiger partial charge in [0.15, 0.2) is 5.13 Å². The third-order valence-corrected chi connectivity index (χ3v) is 3.12. The molecule has 0 atom stereocenters. The average Bonchev–Trinajstić information content (AvgIpc) is 2.75. The van der Waals surface area contributed by atoms with Gasteiger partial charge in [-0.1, -0.05) is 29.0 Å². The number of benzene rings is 1. The fraction of sp³-hybridized carbons (Fsp3) is 0.231. The highest BCUT2D eigenvalue weighted by atomic mass is 32.1. The van der Waals surface area contributed by atoms with Crippen molar-refractivity contribution in [1.82, 2.24) is 4.98 Å². The molecule has 0 fully saturated rings. The molecule has 0 saturated heterocycles. The van der Waals surface area contributed by atoms with Gasteiger partial charge in [-0.2, -0.15) is 0 Å². The first-order valence-corrected chi connectivity index (χ1v) is 6.37. The first-order valence-electron chi connectivity index (χ1n) is 5.55. The average molecular weight is 262 g/mol. The Balaban J connectivity index is 1.92. The van der Waals surface area contributed by atoms with Crippen LogP contribution in [0.25, 0.3) is 0 Å². The predicted octanol–water partition coefficient (Wildman–Crippen LogP) is 2.99. The molecule has 2 aromatic rings. The van der Waals surface area contributed by atoms with Gasteiger partial charge in [-0.05, 0) is 19.1 Å². The quantitative estimate of drug-likeness (QED) is 0.921. The van der Waals surface area contributed by atoms with Crippen LogP contribution in [0.3, 0.4) is 0 Å². The highest BCUT2D eigenvalue weighted by Crippen LogP contribution is 2.20. The molecule has 94 valence electrons. The van der Waals surface area contributed by atoms with E-state index in [-0.39, 0.29) is 5.91 Å². The van der Waals surface area contributed by atoms with Crippen molar-refractivity contribution in [3.05, 3.63) is 40.9 Å². The topological polar surface area (TPSA) is 51.2 Å². The van der Waals surface area contributed by atoms with Crippen LogP contribution in [-0.4, -0.2) is 10.9 Å². The Labute approximate surface area is 110 Å². The SMILES string of the molecule is CC(=O)Nc1ncc(COc2ccc(C)cc2)s1. The highest BCUT2D eigenvalue weighted by molar-refractivity contribution is 7.15. The summed E-state index contributed by atoms with van der Waals surface area (Å²) >= 11 is 1.42. The van der Waals surface area contributed by atoms with E-state index in [2.05, 4.69) is 10.3 Å². The Bertz CT molecular complexity index is 534. The summed E-state index contributed by atoms with van der Waals surface area (Å²) in [7, 11) is 0. The van der Waals surface area contributed by atoms with E-state index in [1.165, 1.54) is 23.8 Å². The number of aryl methyl sites for hydroxylation is 1. The molecular formula is C13H14N2O2S. The second-order valence-corrected chi connectivity index (χ2v) is 5.03. The first kappa shape index (κ1) is 12.6. The predicted molar refractivity (Wildman–Crippen MR) is 71.9 cm³/mol. The minimum atomic E-state index is -0.115. The number of amides is 1. The second-order valence-electron chi connectivity index (χ2n) is 3.91. The van der Waals surface area contributed by atoms with E-state index >= 15 is 0 Å². The number of anilines is 1. The summed E-state index contributed by atoms with van der Waals surface area (Å²) in [5, 5.41) is 3.25. The molecule has 1 aromatic heterocycles. The number of nitrogens with one attached hydrogen (secondary N) is 1. The van der Waals surface area contributed by atoms with E-state index in [9.17, 15) is 4.79 Å². The zero-order valence-electron chi connectivity index (χ0n) is 10.3. The van der Waals surface area contributed by atoms with E-state index in [0.29, 0.717) is 11.7 Å². The van der Waals surface area contributed by atoms with Gasteiger partial charge in [0.25, 0.3) is 0 Å². The number of nitrogens with zero attached hydrogens (tertiary/aromatic N) is 1. The van der Waals surface area contributed by atoms with Crippen LogP contribution in [0.5, 0.6) is 5.75 Å². The smallest absolute Gasteiger partial charge is 0.223 e. The van der Waals surface area contributed by atoms with Crippen molar-refractivity contribution < 1.29 is 9.53 Å². The van der Waals surface area contributed by atoms with Gasteiger partial charge in [-0.3, -0.25) is 4.79 Å². The van der Waals surface area contributed by atoms with Gasteiger partial charge < -0.3 is 10.1 Å². The molecule has 0 spiro atoms. The van der Waals surface area contributed by atoms with Crippen molar-refractivity contribution in [2.45, 2.75) is 20.5 Å². The van der Waals surface area contributed by atoms with Crippen molar-refractivity contribution in [2.24, 2.45) is 0 Å². The molecule has 0 bridgehead atoms. The van der Waals surface area contributed by atoms with Gasteiger partial charge in [0.1, 0.15) is 12.4 Å². The van der Waals surface area contributed by atoms with Crippen molar-refractivity contribution in [1.29, 1.82) is 0 Å². The maximum Gasteiger partial charge on any atom is 0.223 e. The van der Waals surface area contributed by atoms with Crippen LogP contribution < -0.4 is 10.1 Å². The number of hydrogen-bond donors (Lipinski definition) is 1. The van der Waals surface area contributed by atoms with Crippen LogP contribution in [0.15, 0.2) is 30.5 Å². The molecule has 0 radical (unpaired) electrons. The van der Waals surface area contributed by atoms with Gasteiger partial charge in [0.2, 0.25) is 5.91 Å². The Hall–Kier alpha value is -1.88. The molecule has 2 rings (SSSR count). The van der Waals surface area contributed by atoms with Crippen molar-refractivity contribution in [2.75, 3.05) is 5.32 Å². The molecule has 0 unspecified atom stereocenters. The Morgan fingerprint density at radius 2 is 2.11 bits per heavy atom. The minimum Gasteiger partial charge on any atom is -0.488 e. The number of rotatable bonds is 4. The summed E-state index contributed by atoms with van der Waals surface area (Å²) in [6.07, 6.45) is 1.71. The van der Waals surface area contributed by atoms with Gasteiger partial charge in [0, 0.05) is 13.1 Å². The van der Waals surface area contributed by atoms with Crippen LogP contribution in [0, 0.1) is 6.92 Å². The minimum absolute atomic E-state index is 0.115. The molecule has 18 heavy (non-hydrogen) atoms. The molecule has 0 aliphatic rings. The third kappa shape index (κ3) is 3.56. The lowest BCUT2D eigenvalue weighted by molar-refractivity contribution is -0.114. The molecular weight excluding hydrogens is 248 g/mol. The van der Waals surface area contributed by atoms with E-state index in [1.807, 2.05) is 31.2 Å². The molecule has 1 aromatic carbocycles. The van der Waals surface area contributed by atoms with Crippen molar-refractivity contribution in [3.8, 4) is 5.75 Å². The Morgan fingerprint density at radius 3 is 2.78 bits per heavy atom. The van der Waals surface area contributed by atoms with E-state index in [0.717, 1.165) is 10.6 Å². The number of carbonyl (C=O) groups excluding carboxylic acids is 1. The number of thiazole rings is 1. The van der Waals surface area contributed by atoms with Crippen LogP contribution in [0.4, 0.5) is 5.13 Å². The maximum absolute atomic E-state index is 10.9. The third-order valence-electron chi connectivity index (χ3n) is 2.24. The largest absolute Gasteiger partial charge is 0.488 e. The molecule has 5 heteroatoms. The molecule has 1 heterocycles. The first-order chi connectivity index (χ1) is 8.63. The lowest BCUT2D eigenvalue weighted by Gasteiger charge is -2.03. The van der Waals surface area contributed by atoms with Gasteiger partial charge in [0.05, 0.1) is 4.88 Å². The zero-order chi connectivity index (χ0) is 13.0. The van der Waals surface area contributed by atoms with E-state index < -0.39 is 0 Å². The maximum atomic E-state index is 10.9. The Morgan fingerprint density at radius 1 is 1.39 bits per heavy atom. The number of aromatic nitrogens is 1. The molecule has 0 aliphatic heterocycles. The van der Waals surface area contributed by atoms with E-state index in [4.69, 9.17) is 4.74 Å². The van der Waals surface area contributed by atoms with Gasteiger partial charge in [-0.15, -0.1) is 0 Å². The van der Waals surface area contributed by atoms with Crippen LogP contribution >= 0.6 is 11.3 Å². The molecule has 1 amide bonds. The van der Waals surface area contributed by atoms with Crippen LogP contribution in [0.2, 0.25) is 0 Å². The molecule has 4 nitrogen and oxygen atoms in total. The fourth-order valence-corrected chi connectivity index (χ4v) is 2.14. The standard InChI is InChI=1S/C13H14N2O2S/c1-9-3-5-11(6-4-9)17-8-12-7-14-13(18-12)15-10(2)16/h3-7H,8H2,1-2H3,(H,14,15,16). The molecule has 0 saturated carbocycles. The summed E-state index contributed by atoms with van der Waals surface area (Å²) in [6, 6.07) is 7.88. The second kappa shape index (κ2) is 5.64. The summed E-state index contributed by atoms with van der Waals surface area (Å²) in [5.74, 6) is 0.713. The zero-order valence-corrected chi connectivity index (χ0v) is 11.1. The summed E-state index contributed by atoms with van der Waals surface area (Å²) in [5.41, 5.74) is 1.20. The number of hydrogen-bond acceptors (Lipinski definition) is 4. The van der Waals surface area contributed by atoms with Crippen LogP contribution in [-0.2, 0) is 11.4 Å². The molecule has 1 N–H and O–H groups in total. The van der Waals surface area contributed by atoms with Crippen molar-refractivity contribution in [3.63, 3.8) is 0 Å². The normalized spacial score (nSPS) is 10.1. The number of carbonyl (C=O) groups is 1. The number of ether oxygens (including phenoxy) is 1. The Kier molecular flexibility index (Phi) is 3.94. The fourth-order valence-electron chi connectivity index (χ4n) is 1.37. The molecule has 0 aliphatic carbocycles. The summed E-state index contributed by atoms with van der Waals surface area (Å²) in [4.78, 5) is 15.9. The van der Waals surface area contributed by atoms with E-state index in [1.54, 1.807) is 6.20 Å². The summed E-state index contributed by atoms with van der Waals surface area (Å²) in [6.45, 7) is 3.96. The lowest BCUT2D eigenvalue weighted by atomic mass is 10.2. The highest BCUT2D eigenvalue weighted by Gasteiger charge is 2.04. The lowest BCUT2D eigenvalue weighted by Crippen LogP contribution is -2.04. The van der Waals surface area contributed by atoms with Crippen LogP contribution in [0.1, 0.15) is 17.4 Å². The summed E-state index contributed by atoms with van der Waals surface area (Å²) < 4.78 is 5.62. The monoisotopic (exact) mass is 262 g/mol. The van der Waals surface area contributed by atoms with Gasteiger partial charge >= 0.3 is 0 Å².